The third-order valence-corrected chi connectivity index (χ3v) is 12.2. The Morgan fingerprint density at radius 3 is 1.59 bits per heavy atom. The normalized spacial score (nSPS) is 11.1. The van der Waals surface area contributed by atoms with Crippen LogP contribution in [0.3, 0.4) is 0 Å². The molecule has 0 saturated carbocycles. The van der Waals surface area contributed by atoms with Crippen LogP contribution in [-0.4, -0.2) is 27.5 Å². The first-order valence-corrected chi connectivity index (χ1v) is 22.0. The predicted octanol–water partition coefficient (Wildman–Crippen LogP) is 14.5. The van der Waals surface area contributed by atoms with Crippen LogP contribution in [0.25, 0.3) is 0 Å². The van der Waals surface area contributed by atoms with Crippen molar-refractivity contribution in [1.82, 2.24) is 0 Å². The summed E-state index contributed by atoms with van der Waals surface area (Å²) >= 11 is 5.80. The molecule has 0 aromatic heterocycles. The van der Waals surface area contributed by atoms with Crippen LogP contribution in [0.2, 0.25) is 0 Å². The summed E-state index contributed by atoms with van der Waals surface area (Å²) in [6, 6.07) is 8.24. The van der Waals surface area contributed by atoms with Crippen LogP contribution in [0.4, 0.5) is 0 Å². The van der Waals surface area contributed by atoms with Gasteiger partial charge >= 0.3 is 0 Å². The van der Waals surface area contributed by atoms with E-state index < -0.39 is 0 Å². The average molecular weight is 691 g/mol. The number of phenols is 2. The van der Waals surface area contributed by atoms with Gasteiger partial charge in [-0.05, 0) is 79.5 Å². The molecular formula is C41H70O2S3. The Bertz CT molecular complexity index is 1020. The largest absolute Gasteiger partial charge is 0.507 e. The number of para-hydroxylation sites is 1. The zero-order valence-electron chi connectivity index (χ0n) is 30.7. The zero-order chi connectivity index (χ0) is 33.8. The van der Waals surface area contributed by atoms with E-state index in [2.05, 4.69) is 40.7 Å². The Kier molecular flexibility index (Phi) is 27.2. The SMILES string of the molecule is CCCCCCCCSCc1cccc(C)c1O.CCCCCCCCSc1cc(CC)c(O)c(SCCCCCCCC)c1C. The molecule has 0 atom stereocenters. The Balaban J connectivity index is 0.000000506. The first kappa shape index (κ1) is 43.1. The highest BCUT2D eigenvalue weighted by Crippen LogP contribution is 2.41. The van der Waals surface area contributed by atoms with Gasteiger partial charge < -0.3 is 10.2 Å². The van der Waals surface area contributed by atoms with E-state index in [0.29, 0.717) is 11.5 Å². The fourth-order valence-corrected chi connectivity index (χ4v) is 8.82. The van der Waals surface area contributed by atoms with Crippen molar-refractivity contribution in [3.05, 3.63) is 46.5 Å². The molecular weight excluding hydrogens is 621 g/mol. The van der Waals surface area contributed by atoms with Gasteiger partial charge in [0.25, 0.3) is 0 Å². The molecule has 0 fully saturated rings. The lowest BCUT2D eigenvalue weighted by Crippen LogP contribution is -1.94. The van der Waals surface area contributed by atoms with Crippen molar-refractivity contribution in [2.24, 2.45) is 0 Å². The number of aromatic hydroxyl groups is 2. The molecule has 46 heavy (non-hydrogen) atoms. The molecule has 0 bridgehead atoms. The molecule has 2 aromatic rings. The molecule has 0 heterocycles. The standard InChI is InChI=1S/C25H44OS2.C16H26OS/c1-5-8-10-12-14-16-18-27-23-20-22(7-3)24(26)25(21(23)4)28-19-17-15-13-11-9-6-2;1-3-4-5-6-7-8-12-18-13-15-11-9-10-14(2)16(15)17/h20,26H,5-19H2,1-4H3;9-11,17H,3-8,12-13H2,1-2H3. The molecule has 0 aliphatic heterocycles. The maximum absolute atomic E-state index is 10.7. The Labute approximate surface area is 298 Å². The summed E-state index contributed by atoms with van der Waals surface area (Å²) in [6.45, 7) is 13.1. The highest BCUT2D eigenvalue weighted by atomic mass is 32.2. The summed E-state index contributed by atoms with van der Waals surface area (Å²) < 4.78 is 0. The van der Waals surface area contributed by atoms with Crippen LogP contribution in [0, 0.1) is 13.8 Å². The van der Waals surface area contributed by atoms with Crippen molar-refractivity contribution in [3.63, 3.8) is 0 Å². The van der Waals surface area contributed by atoms with Crippen molar-refractivity contribution in [2.75, 3.05) is 17.3 Å². The second-order valence-electron chi connectivity index (χ2n) is 12.8. The zero-order valence-corrected chi connectivity index (χ0v) is 33.1. The molecule has 264 valence electrons. The van der Waals surface area contributed by atoms with Gasteiger partial charge in [0, 0.05) is 16.2 Å². The lowest BCUT2D eigenvalue weighted by Gasteiger charge is -2.16. The van der Waals surface area contributed by atoms with Crippen LogP contribution in [0.5, 0.6) is 11.5 Å². The summed E-state index contributed by atoms with van der Waals surface area (Å²) in [7, 11) is 0. The minimum absolute atomic E-state index is 0.480. The van der Waals surface area contributed by atoms with Gasteiger partial charge in [0.2, 0.25) is 0 Å². The van der Waals surface area contributed by atoms with Gasteiger partial charge in [-0.2, -0.15) is 11.8 Å². The highest BCUT2D eigenvalue weighted by molar-refractivity contribution is 8.00. The molecule has 0 aliphatic rings. The fraction of sp³-hybridized carbons (Fsp3) is 0.707. The molecule has 2 aromatic carbocycles. The number of hydrogen-bond donors (Lipinski definition) is 2. The molecule has 0 saturated heterocycles. The second kappa shape index (κ2) is 29.0. The molecule has 2 rings (SSSR count). The van der Waals surface area contributed by atoms with E-state index in [1.165, 1.54) is 138 Å². The number of aryl methyl sites for hydroxylation is 2. The third-order valence-electron chi connectivity index (χ3n) is 8.64. The Morgan fingerprint density at radius 1 is 0.543 bits per heavy atom. The van der Waals surface area contributed by atoms with E-state index in [-0.39, 0.29) is 0 Å². The molecule has 0 unspecified atom stereocenters. The van der Waals surface area contributed by atoms with Crippen LogP contribution < -0.4 is 0 Å². The lowest BCUT2D eigenvalue weighted by atomic mass is 10.1. The summed E-state index contributed by atoms with van der Waals surface area (Å²) in [4.78, 5) is 2.52. The quantitative estimate of drug-likeness (QED) is 0.0759. The van der Waals surface area contributed by atoms with Crippen molar-refractivity contribution in [1.29, 1.82) is 0 Å². The lowest BCUT2D eigenvalue weighted by molar-refractivity contribution is 0.453. The Morgan fingerprint density at radius 2 is 1.04 bits per heavy atom. The monoisotopic (exact) mass is 690 g/mol. The first-order chi connectivity index (χ1) is 22.4. The fourth-order valence-electron chi connectivity index (χ4n) is 5.49. The van der Waals surface area contributed by atoms with E-state index in [4.69, 9.17) is 0 Å². The van der Waals surface area contributed by atoms with Gasteiger partial charge in [-0.15, -0.1) is 23.5 Å². The van der Waals surface area contributed by atoms with Gasteiger partial charge in [-0.1, -0.05) is 142 Å². The second-order valence-corrected chi connectivity index (χ2v) is 16.2. The van der Waals surface area contributed by atoms with Gasteiger partial charge in [-0.3, -0.25) is 0 Å². The maximum Gasteiger partial charge on any atom is 0.132 e. The van der Waals surface area contributed by atoms with Crippen molar-refractivity contribution >= 4 is 35.3 Å². The number of benzene rings is 2. The average Bonchev–Trinajstić information content (AvgIpc) is 3.06. The van der Waals surface area contributed by atoms with E-state index >= 15 is 0 Å². The molecule has 0 aliphatic carbocycles. The molecule has 0 radical (unpaired) electrons. The number of hydrogen-bond acceptors (Lipinski definition) is 5. The molecule has 2 N–H and O–H groups in total. The third kappa shape index (κ3) is 19.2. The molecule has 2 nitrogen and oxygen atoms in total. The minimum atomic E-state index is 0.480. The molecule has 0 amide bonds. The van der Waals surface area contributed by atoms with Gasteiger partial charge in [0.1, 0.15) is 11.5 Å². The first-order valence-electron chi connectivity index (χ1n) is 18.9. The predicted molar refractivity (Wildman–Crippen MR) is 213 cm³/mol. The minimum Gasteiger partial charge on any atom is -0.507 e. The number of rotatable bonds is 26. The smallest absolute Gasteiger partial charge is 0.132 e. The topological polar surface area (TPSA) is 40.5 Å². The van der Waals surface area contributed by atoms with Crippen molar-refractivity contribution < 1.29 is 10.2 Å². The molecule has 0 spiro atoms. The van der Waals surface area contributed by atoms with Gasteiger partial charge in [0.05, 0.1) is 4.90 Å². The van der Waals surface area contributed by atoms with Crippen molar-refractivity contribution in [3.8, 4) is 11.5 Å². The van der Waals surface area contributed by atoms with Crippen LogP contribution in [0.15, 0.2) is 34.1 Å². The summed E-state index contributed by atoms with van der Waals surface area (Å²) in [5, 5.41) is 20.6. The number of thioether (sulfide) groups is 3. The number of unbranched alkanes of at least 4 members (excludes halogenated alkanes) is 15. The molecule has 5 heteroatoms. The van der Waals surface area contributed by atoms with E-state index in [1.54, 1.807) is 0 Å². The highest BCUT2D eigenvalue weighted by Gasteiger charge is 2.15. The van der Waals surface area contributed by atoms with Gasteiger partial charge in [-0.25, -0.2) is 0 Å². The summed E-state index contributed by atoms with van der Waals surface area (Å²) in [6.07, 6.45) is 25.1. The van der Waals surface area contributed by atoms with Gasteiger partial charge in [0.15, 0.2) is 0 Å². The maximum atomic E-state index is 10.7. The van der Waals surface area contributed by atoms with E-state index in [9.17, 15) is 10.2 Å². The van der Waals surface area contributed by atoms with E-state index in [0.717, 1.165) is 39.5 Å². The van der Waals surface area contributed by atoms with Crippen LogP contribution in [-0.2, 0) is 12.2 Å². The Hall–Kier alpha value is -0.910. The van der Waals surface area contributed by atoms with Crippen LogP contribution >= 0.6 is 35.3 Å². The van der Waals surface area contributed by atoms with Crippen molar-refractivity contribution in [2.45, 2.75) is 179 Å². The number of phenolic OH excluding ortho intramolecular Hbond substituents is 2. The van der Waals surface area contributed by atoms with E-state index in [1.807, 2.05) is 60.4 Å². The summed E-state index contributed by atoms with van der Waals surface area (Å²) in [5.41, 5.74) is 4.46. The summed E-state index contributed by atoms with van der Waals surface area (Å²) in [5.74, 6) is 5.48. The van der Waals surface area contributed by atoms with Crippen LogP contribution in [0.1, 0.15) is 166 Å².